The van der Waals surface area contributed by atoms with Gasteiger partial charge in [0.2, 0.25) is 0 Å². The van der Waals surface area contributed by atoms with Crippen LogP contribution in [-0.2, 0) is 0 Å². The fourth-order valence-corrected chi connectivity index (χ4v) is 3.57. The van der Waals surface area contributed by atoms with Crippen molar-refractivity contribution in [3.8, 4) is 11.3 Å². The number of anilines is 1. The SMILES string of the molecule is CNc1nc(C2CCCCC2)nc(-c2ccccc2)c1Br. The van der Waals surface area contributed by atoms with Gasteiger partial charge in [0.05, 0.1) is 10.2 Å². The van der Waals surface area contributed by atoms with Gasteiger partial charge >= 0.3 is 0 Å². The molecule has 0 aliphatic heterocycles. The molecule has 0 atom stereocenters. The molecule has 1 saturated carbocycles. The molecule has 110 valence electrons. The number of nitrogens with one attached hydrogen (secondary N) is 1. The topological polar surface area (TPSA) is 37.8 Å². The molecule has 0 radical (unpaired) electrons. The number of hydrogen-bond donors (Lipinski definition) is 1. The maximum atomic E-state index is 4.88. The Labute approximate surface area is 134 Å². The molecule has 0 amide bonds. The first-order valence-electron chi connectivity index (χ1n) is 7.60. The molecule has 1 aliphatic rings. The lowest BCUT2D eigenvalue weighted by atomic mass is 9.88. The molecule has 0 unspecified atom stereocenters. The van der Waals surface area contributed by atoms with Crippen LogP contribution in [0.5, 0.6) is 0 Å². The van der Waals surface area contributed by atoms with Gasteiger partial charge in [-0.05, 0) is 28.8 Å². The van der Waals surface area contributed by atoms with Crippen LogP contribution in [0.2, 0.25) is 0 Å². The summed E-state index contributed by atoms with van der Waals surface area (Å²) in [5.74, 6) is 2.37. The summed E-state index contributed by atoms with van der Waals surface area (Å²) in [5, 5.41) is 3.19. The highest BCUT2D eigenvalue weighted by molar-refractivity contribution is 9.10. The summed E-state index contributed by atoms with van der Waals surface area (Å²) in [5.41, 5.74) is 2.11. The smallest absolute Gasteiger partial charge is 0.144 e. The summed E-state index contributed by atoms with van der Waals surface area (Å²) in [7, 11) is 1.91. The molecule has 0 bridgehead atoms. The van der Waals surface area contributed by atoms with Crippen molar-refractivity contribution >= 4 is 21.7 Å². The molecule has 1 aliphatic carbocycles. The first-order valence-corrected chi connectivity index (χ1v) is 8.39. The van der Waals surface area contributed by atoms with E-state index < -0.39 is 0 Å². The maximum Gasteiger partial charge on any atom is 0.144 e. The van der Waals surface area contributed by atoms with Crippen molar-refractivity contribution < 1.29 is 0 Å². The Bertz CT molecular complexity index is 607. The Hall–Kier alpha value is -1.42. The zero-order valence-electron chi connectivity index (χ0n) is 12.3. The fraction of sp³-hybridized carbons (Fsp3) is 0.412. The fourth-order valence-electron chi connectivity index (χ4n) is 2.96. The number of rotatable bonds is 3. The van der Waals surface area contributed by atoms with Gasteiger partial charge in [-0.15, -0.1) is 0 Å². The second-order valence-electron chi connectivity index (χ2n) is 5.54. The minimum Gasteiger partial charge on any atom is -0.372 e. The van der Waals surface area contributed by atoms with E-state index >= 15 is 0 Å². The van der Waals surface area contributed by atoms with Gasteiger partial charge in [0.15, 0.2) is 0 Å². The molecule has 2 aromatic rings. The Balaban J connectivity index is 2.06. The molecule has 1 N–H and O–H groups in total. The van der Waals surface area contributed by atoms with E-state index in [1.54, 1.807) is 0 Å². The predicted octanol–water partition coefficient (Wildman–Crippen LogP) is 5.00. The van der Waals surface area contributed by atoms with Crippen molar-refractivity contribution in [2.75, 3.05) is 12.4 Å². The third kappa shape index (κ3) is 3.10. The molecule has 0 spiro atoms. The van der Waals surface area contributed by atoms with Crippen molar-refractivity contribution in [3.05, 3.63) is 40.6 Å². The van der Waals surface area contributed by atoms with Gasteiger partial charge in [-0.2, -0.15) is 0 Å². The lowest BCUT2D eigenvalue weighted by Crippen LogP contribution is -2.11. The van der Waals surface area contributed by atoms with Gasteiger partial charge in [0.1, 0.15) is 11.6 Å². The minimum absolute atomic E-state index is 0.501. The molecule has 1 aromatic heterocycles. The average Bonchev–Trinajstić information content (AvgIpc) is 2.56. The van der Waals surface area contributed by atoms with Gasteiger partial charge in [-0.25, -0.2) is 9.97 Å². The van der Waals surface area contributed by atoms with E-state index in [0.717, 1.165) is 27.4 Å². The van der Waals surface area contributed by atoms with Gasteiger partial charge in [0, 0.05) is 18.5 Å². The Morgan fingerprint density at radius 3 is 2.43 bits per heavy atom. The molecule has 1 heterocycles. The third-order valence-corrected chi connectivity index (χ3v) is 4.87. The molecule has 3 rings (SSSR count). The normalized spacial score (nSPS) is 15.9. The lowest BCUT2D eigenvalue weighted by Gasteiger charge is -2.22. The van der Waals surface area contributed by atoms with Crippen molar-refractivity contribution in [2.24, 2.45) is 0 Å². The highest BCUT2D eigenvalue weighted by Crippen LogP contribution is 2.36. The van der Waals surface area contributed by atoms with E-state index in [2.05, 4.69) is 33.4 Å². The second-order valence-corrected chi connectivity index (χ2v) is 6.34. The van der Waals surface area contributed by atoms with Crippen LogP contribution in [-0.4, -0.2) is 17.0 Å². The van der Waals surface area contributed by atoms with E-state index in [4.69, 9.17) is 9.97 Å². The first kappa shape index (κ1) is 14.5. The van der Waals surface area contributed by atoms with Crippen molar-refractivity contribution in [1.82, 2.24) is 9.97 Å². The van der Waals surface area contributed by atoms with Crippen molar-refractivity contribution in [2.45, 2.75) is 38.0 Å². The minimum atomic E-state index is 0.501. The Morgan fingerprint density at radius 2 is 1.76 bits per heavy atom. The Kier molecular flexibility index (Phi) is 4.54. The van der Waals surface area contributed by atoms with E-state index in [1.807, 2.05) is 25.2 Å². The molecule has 1 fully saturated rings. The van der Waals surface area contributed by atoms with Crippen LogP contribution in [0.3, 0.4) is 0 Å². The van der Waals surface area contributed by atoms with E-state index in [0.29, 0.717) is 5.92 Å². The number of nitrogens with zero attached hydrogens (tertiary/aromatic N) is 2. The van der Waals surface area contributed by atoms with Crippen molar-refractivity contribution in [3.63, 3.8) is 0 Å². The van der Waals surface area contributed by atoms with Crippen LogP contribution in [0.15, 0.2) is 34.8 Å². The quantitative estimate of drug-likeness (QED) is 0.850. The molecular formula is C17H20BrN3. The number of halogens is 1. The molecule has 3 nitrogen and oxygen atoms in total. The van der Waals surface area contributed by atoms with Crippen LogP contribution in [0.1, 0.15) is 43.8 Å². The molecule has 21 heavy (non-hydrogen) atoms. The molecule has 4 heteroatoms. The van der Waals surface area contributed by atoms with Gasteiger partial charge < -0.3 is 5.32 Å². The van der Waals surface area contributed by atoms with Gasteiger partial charge in [-0.3, -0.25) is 0 Å². The van der Waals surface area contributed by atoms with Crippen LogP contribution in [0, 0.1) is 0 Å². The number of hydrogen-bond acceptors (Lipinski definition) is 3. The Morgan fingerprint density at radius 1 is 1.05 bits per heavy atom. The highest BCUT2D eigenvalue weighted by Gasteiger charge is 2.21. The van der Waals surface area contributed by atoms with Crippen LogP contribution >= 0.6 is 15.9 Å². The van der Waals surface area contributed by atoms with Crippen LogP contribution < -0.4 is 5.32 Å². The summed E-state index contributed by atoms with van der Waals surface area (Å²) in [4.78, 5) is 9.61. The third-order valence-electron chi connectivity index (χ3n) is 4.12. The largest absolute Gasteiger partial charge is 0.372 e. The number of aromatic nitrogens is 2. The molecule has 1 aromatic carbocycles. The van der Waals surface area contributed by atoms with Crippen LogP contribution in [0.25, 0.3) is 11.3 Å². The standard InChI is InChI=1S/C17H20BrN3/c1-19-17-14(18)15(12-8-4-2-5-9-12)20-16(21-17)13-10-6-3-7-11-13/h2,4-5,8-9,13H,3,6-7,10-11H2,1H3,(H,19,20,21). The van der Waals surface area contributed by atoms with Gasteiger partial charge in [0.25, 0.3) is 0 Å². The summed E-state index contributed by atoms with van der Waals surface area (Å²) in [6, 6.07) is 10.3. The average molecular weight is 346 g/mol. The lowest BCUT2D eigenvalue weighted by molar-refractivity contribution is 0.429. The monoisotopic (exact) mass is 345 g/mol. The van der Waals surface area contributed by atoms with Crippen LogP contribution in [0.4, 0.5) is 5.82 Å². The van der Waals surface area contributed by atoms with E-state index in [9.17, 15) is 0 Å². The molecule has 0 saturated heterocycles. The summed E-state index contributed by atoms with van der Waals surface area (Å²) in [6.07, 6.45) is 6.34. The van der Waals surface area contributed by atoms with Crippen molar-refractivity contribution in [1.29, 1.82) is 0 Å². The maximum absolute atomic E-state index is 4.88. The van der Waals surface area contributed by atoms with E-state index in [1.165, 1.54) is 32.1 Å². The second kappa shape index (κ2) is 6.56. The zero-order valence-corrected chi connectivity index (χ0v) is 13.9. The highest BCUT2D eigenvalue weighted by atomic mass is 79.9. The number of benzene rings is 1. The predicted molar refractivity (Wildman–Crippen MR) is 90.5 cm³/mol. The van der Waals surface area contributed by atoms with Gasteiger partial charge in [-0.1, -0.05) is 49.6 Å². The summed E-state index contributed by atoms with van der Waals surface area (Å²) < 4.78 is 0.941. The zero-order chi connectivity index (χ0) is 14.7. The first-order chi connectivity index (χ1) is 10.3. The summed E-state index contributed by atoms with van der Waals surface area (Å²) in [6.45, 7) is 0. The summed E-state index contributed by atoms with van der Waals surface area (Å²) >= 11 is 3.65. The molecular weight excluding hydrogens is 326 g/mol. The van der Waals surface area contributed by atoms with E-state index in [-0.39, 0.29) is 0 Å².